The van der Waals surface area contributed by atoms with Gasteiger partial charge in [0.25, 0.3) is 0 Å². The van der Waals surface area contributed by atoms with Gasteiger partial charge in [0.05, 0.1) is 13.2 Å². The molecule has 1 N–H and O–H groups in total. The molecule has 1 aromatic rings. The second-order valence-electron chi connectivity index (χ2n) is 3.25. The van der Waals surface area contributed by atoms with E-state index in [0.29, 0.717) is 19.8 Å². The normalized spacial score (nSPS) is 10.6. The summed E-state index contributed by atoms with van der Waals surface area (Å²) in [5.41, 5.74) is 5.30. The molecule has 0 heterocycles. The molecule has 0 aliphatic rings. The fourth-order valence-corrected chi connectivity index (χ4v) is 1.50. The summed E-state index contributed by atoms with van der Waals surface area (Å²) in [7, 11) is 1.65. The Labute approximate surface area is 98.9 Å². The second-order valence-corrected chi connectivity index (χ2v) is 4.10. The highest BCUT2D eigenvalue weighted by Crippen LogP contribution is 2.17. The number of methoxy groups -OCH3 is 1. The molecule has 4 heteroatoms. The number of ether oxygens (including phenoxy) is 1. The van der Waals surface area contributed by atoms with E-state index in [1.54, 1.807) is 7.11 Å². The summed E-state index contributed by atoms with van der Waals surface area (Å²) in [5.74, 6) is 0. The zero-order chi connectivity index (χ0) is 11.1. The second kappa shape index (κ2) is 6.95. The van der Waals surface area contributed by atoms with Gasteiger partial charge in [-0.25, -0.2) is 0 Å². The van der Waals surface area contributed by atoms with Gasteiger partial charge in [-0.05, 0) is 24.1 Å². The van der Waals surface area contributed by atoms with E-state index in [1.807, 2.05) is 0 Å². The molecule has 3 nitrogen and oxygen atoms in total. The van der Waals surface area contributed by atoms with Crippen LogP contribution < -0.4 is 5.48 Å². The number of hydrogen-bond donors (Lipinski definition) is 1. The maximum atomic E-state index is 5.16. The Hall–Kier alpha value is -0.420. The highest BCUT2D eigenvalue weighted by Gasteiger charge is 1.97. The van der Waals surface area contributed by atoms with E-state index in [9.17, 15) is 0 Å². The molecule has 0 aliphatic heterocycles. The SMILES string of the molecule is COCCONCc1ccc(C)c(Br)c1. The van der Waals surface area contributed by atoms with Crippen molar-refractivity contribution < 1.29 is 9.57 Å². The topological polar surface area (TPSA) is 30.5 Å². The lowest BCUT2D eigenvalue weighted by atomic mass is 10.1. The predicted octanol–water partition coefficient (Wildman–Crippen LogP) is 2.43. The van der Waals surface area contributed by atoms with Crippen molar-refractivity contribution in [3.8, 4) is 0 Å². The van der Waals surface area contributed by atoms with Gasteiger partial charge < -0.3 is 4.74 Å². The molecule has 0 amide bonds. The van der Waals surface area contributed by atoms with Crippen LogP contribution in [0.2, 0.25) is 0 Å². The largest absolute Gasteiger partial charge is 0.382 e. The van der Waals surface area contributed by atoms with Crippen LogP contribution in [0.4, 0.5) is 0 Å². The Balaban J connectivity index is 2.28. The molecule has 0 fully saturated rings. The molecule has 0 spiro atoms. The predicted molar refractivity (Wildman–Crippen MR) is 63.5 cm³/mol. The summed E-state index contributed by atoms with van der Waals surface area (Å²) in [6, 6.07) is 6.24. The molecule has 15 heavy (non-hydrogen) atoms. The van der Waals surface area contributed by atoms with Crippen molar-refractivity contribution >= 4 is 15.9 Å². The zero-order valence-corrected chi connectivity index (χ0v) is 10.6. The van der Waals surface area contributed by atoms with Gasteiger partial charge in [0.15, 0.2) is 0 Å². The fourth-order valence-electron chi connectivity index (χ4n) is 1.08. The molecule has 0 radical (unpaired) electrons. The van der Waals surface area contributed by atoms with Crippen LogP contribution in [-0.2, 0) is 16.1 Å². The van der Waals surface area contributed by atoms with E-state index in [2.05, 4.69) is 46.5 Å². The summed E-state index contributed by atoms with van der Waals surface area (Å²) in [6.07, 6.45) is 0. The molecule has 0 aromatic heterocycles. The summed E-state index contributed by atoms with van der Waals surface area (Å²) in [6.45, 7) is 3.92. The monoisotopic (exact) mass is 273 g/mol. The minimum absolute atomic E-state index is 0.559. The van der Waals surface area contributed by atoms with Crippen LogP contribution in [0.5, 0.6) is 0 Å². The molecule has 0 aliphatic carbocycles. The van der Waals surface area contributed by atoms with Crippen LogP contribution in [0.15, 0.2) is 22.7 Å². The van der Waals surface area contributed by atoms with Gasteiger partial charge in [-0.1, -0.05) is 28.1 Å². The van der Waals surface area contributed by atoms with E-state index in [-0.39, 0.29) is 0 Å². The number of nitrogens with one attached hydrogen (secondary N) is 1. The maximum absolute atomic E-state index is 5.16. The molecule has 0 unspecified atom stereocenters. The molecule has 84 valence electrons. The maximum Gasteiger partial charge on any atom is 0.0916 e. The Morgan fingerprint density at radius 2 is 2.13 bits per heavy atom. The zero-order valence-electron chi connectivity index (χ0n) is 9.05. The van der Waals surface area contributed by atoms with Crippen molar-refractivity contribution in [1.82, 2.24) is 5.48 Å². The molecule has 1 rings (SSSR count). The first-order valence-corrected chi connectivity index (χ1v) is 5.62. The number of halogens is 1. The van der Waals surface area contributed by atoms with Crippen LogP contribution >= 0.6 is 15.9 Å². The van der Waals surface area contributed by atoms with Gasteiger partial charge in [0.1, 0.15) is 0 Å². The summed E-state index contributed by atoms with van der Waals surface area (Å²) < 4.78 is 5.98. The first-order chi connectivity index (χ1) is 7.24. The van der Waals surface area contributed by atoms with Crippen LogP contribution in [0.25, 0.3) is 0 Å². The lowest BCUT2D eigenvalue weighted by Crippen LogP contribution is -2.17. The highest BCUT2D eigenvalue weighted by atomic mass is 79.9. The molecule has 1 aromatic carbocycles. The minimum atomic E-state index is 0.559. The molecule has 0 bridgehead atoms. The van der Waals surface area contributed by atoms with E-state index >= 15 is 0 Å². The quantitative estimate of drug-likeness (QED) is 0.638. The van der Waals surface area contributed by atoms with Crippen LogP contribution in [-0.4, -0.2) is 20.3 Å². The average Bonchev–Trinajstić information content (AvgIpc) is 2.23. The molecule has 0 saturated heterocycles. The highest BCUT2D eigenvalue weighted by molar-refractivity contribution is 9.10. The minimum Gasteiger partial charge on any atom is -0.382 e. The number of hydrogen-bond acceptors (Lipinski definition) is 3. The van der Waals surface area contributed by atoms with Gasteiger partial charge in [-0.2, -0.15) is 5.48 Å². The first-order valence-electron chi connectivity index (χ1n) is 4.82. The summed E-state index contributed by atoms with van der Waals surface area (Å²) in [5, 5.41) is 0. The third kappa shape index (κ3) is 4.75. The lowest BCUT2D eigenvalue weighted by molar-refractivity contribution is 0.00346. The summed E-state index contributed by atoms with van der Waals surface area (Å²) >= 11 is 3.49. The average molecular weight is 274 g/mol. The number of aryl methyl sites for hydroxylation is 1. The molecular weight excluding hydrogens is 258 g/mol. The van der Waals surface area contributed by atoms with Gasteiger partial charge >= 0.3 is 0 Å². The Morgan fingerprint density at radius 3 is 2.80 bits per heavy atom. The van der Waals surface area contributed by atoms with E-state index in [4.69, 9.17) is 9.57 Å². The van der Waals surface area contributed by atoms with Crippen LogP contribution in [0.1, 0.15) is 11.1 Å². The van der Waals surface area contributed by atoms with E-state index < -0.39 is 0 Å². The van der Waals surface area contributed by atoms with Crippen molar-refractivity contribution in [2.75, 3.05) is 20.3 Å². The smallest absolute Gasteiger partial charge is 0.0916 e. The van der Waals surface area contributed by atoms with E-state index in [0.717, 1.165) is 4.47 Å². The van der Waals surface area contributed by atoms with Gasteiger partial charge in [0.2, 0.25) is 0 Å². The van der Waals surface area contributed by atoms with Crippen molar-refractivity contribution in [2.45, 2.75) is 13.5 Å². The Bertz CT molecular complexity index is 305. The van der Waals surface area contributed by atoms with Crippen molar-refractivity contribution in [3.63, 3.8) is 0 Å². The van der Waals surface area contributed by atoms with E-state index in [1.165, 1.54) is 11.1 Å². The molecular formula is C11H16BrNO2. The third-order valence-corrected chi connectivity index (χ3v) is 2.86. The van der Waals surface area contributed by atoms with Gasteiger partial charge in [0, 0.05) is 18.1 Å². The Kier molecular flexibility index (Phi) is 5.86. The fraction of sp³-hybridized carbons (Fsp3) is 0.455. The third-order valence-electron chi connectivity index (χ3n) is 2.00. The Morgan fingerprint density at radius 1 is 1.33 bits per heavy atom. The van der Waals surface area contributed by atoms with Crippen molar-refractivity contribution in [3.05, 3.63) is 33.8 Å². The van der Waals surface area contributed by atoms with Gasteiger partial charge in [-0.15, -0.1) is 0 Å². The van der Waals surface area contributed by atoms with Crippen molar-refractivity contribution in [2.24, 2.45) is 0 Å². The standard InChI is InChI=1S/C11H16BrNO2/c1-9-3-4-10(7-11(9)12)8-13-15-6-5-14-2/h3-4,7,13H,5-6,8H2,1-2H3. The number of rotatable bonds is 6. The molecule has 0 atom stereocenters. The number of hydroxylamine groups is 1. The lowest BCUT2D eigenvalue weighted by Gasteiger charge is -2.06. The molecule has 0 saturated carbocycles. The number of benzene rings is 1. The summed E-state index contributed by atoms with van der Waals surface area (Å²) in [4.78, 5) is 5.16. The van der Waals surface area contributed by atoms with Crippen molar-refractivity contribution in [1.29, 1.82) is 0 Å². The van der Waals surface area contributed by atoms with Gasteiger partial charge in [-0.3, -0.25) is 4.84 Å². The van der Waals surface area contributed by atoms with Crippen LogP contribution in [0, 0.1) is 6.92 Å². The van der Waals surface area contributed by atoms with Crippen LogP contribution in [0.3, 0.4) is 0 Å². The first kappa shape index (κ1) is 12.6.